The summed E-state index contributed by atoms with van der Waals surface area (Å²) in [5.41, 5.74) is -1.55. The van der Waals surface area contributed by atoms with Crippen LogP contribution >= 0.6 is 0 Å². The van der Waals surface area contributed by atoms with Crippen LogP contribution in [0.3, 0.4) is 0 Å². The highest BCUT2D eigenvalue weighted by Gasteiger charge is 2.44. The molecule has 0 aliphatic heterocycles. The van der Waals surface area contributed by atoms with Crippen molar-refractivity contribution in [1.82, 2.24) is 0 Å². The zero-order valence-electron chi connectivity index (χ0n) is 15.3. The summed E-state index contributed by atoms with van der Waals surface area (Å²) >= 11 is 0. The molecular weight excluding hydrogens is 334 g/mol. The van der Waals surface area contributed by atoms with E-state index in [0.29, 0.717) is 5.92 Å². The summed E-state index contributed by atoms with van der Waals surface area (Å²) in [6, 6.07) is 4.90. The fourth-order valence-corrected chi connectivity index (χ4v) is 4.29. The van der Waals surface area contributed by atoms with Gasteiger partial charge in [0, 0.05) is 5.56 Å². The van der Waals surface area contributed by atoms with E-state index in [2.05, 4.69) is 6.92 Å². The summed E-state index contributed by atoms with van der Waals surface area (Å²) in [6.07, 6.45) is 9.67. The van der Waals surface area contributed by atoms with E-state index in [9.17, 15) is 14.6 Å². The summed E-state index contributed by atoms with van der Waals surface area (Å²) in [5, 5.41) is 20.2. The smallest absolute Gasteiger partial charge is 0.190 e. The van der Waals surface area contributed by atoms with E-state index < -0.39 is 17.6 Å². The second kappa shape index (κ2) is 7.91. The zero-order chi connectivity index (χ0) is 18.7. The van der Waals surface area contributed by atoms with Gasteiger partial charge in [-0.2, -0.15) is 0 Å². The van der Waals surface area contributed by atoms with Crippen LogP contribution < -0.4 is 0 Å². The second-order valence-electron chi connectivity index (χ2n) is 7.72. The number of hydrogen-bond donors (Lipinski definition) is 2. The Labute approximate surface area is 154 Å². The van der Waals surface area contributed by atoms with Gasteiger partial charge >= 0.3 is 0 Å². The van der Waals surface area contributed by atoms with Crippen LogP contribution in [-0.2, 0) is 5.67 Å². The Bertz CT molecular complexity index is 689. The van der Waals surface area contributed by atoms with Crippen molar-refractivity contribution in [1.29, 1.82) is 0 Å². The van der Waals surface area contributed by atoms with Crippen LogP contribution in [0.5, 0.6) is 5.75 Å². The Hall–Kier alpha value is -1.68. The number of benzene rings is 1. The number of hydrogen-bond acceptors (Lipinski definition) is 2. The predicted molar refractivity (Wildman–Crippen MR) is 99.5 cm³/mol. The van der Waals surface area contributed by atoms with Crippen LogP contribution in [0.15, 0.2) is 42.3 Å². The highest BCUT2D eigenvalue weighted by atomic mass is 19.2. The van der Waals surface area contributed by atoms with Gasteiger partial charge < -0.3 is 10.2 Å². The molecule has 2 unspecified atom stereocenters. The minimum absolute atomic E-state index is 0.0601. The maximum atomic E-state index is 15.4. The number of phenols is 1. The lowest BCUT2D eigenvalue weighted by Crippen LogP contribution is -2.35. The maximum absolute atomic E-state index is 15.4. The van der Waals surface area contributed by atoms with Crippen molar-refractivity contribution < 1.29 is 19.0 Å². The van der Waals surface area contributed by atoms with Gasteiger partial charge in [0.25, 0.3) is 0 Å². The Morgan fingerprint density at radius 2 is 1.92 bits per heavy atom. The molecule has 2 N–H and O–H groups in total. The van der Waals surface area contributed by atoms with Crippen LogP contribution in [0.1, 0.15) is 68.9 Å². The minimum atomic E-state index is -2.45. The van der Waals surface area contributed by atoms with Crippen LogP contribution in [0.4, 0.5) is 8.78 Å². The first-order valence-corrected chi connectivity index (χ1v) is 9.71. The number of unbranched alkanes of at least 4 members (excludes halogenated alkanes) is 1. The standard InChI is InChI=1S/C22H28F2O2/c1-2-3-5-15-7-9-16(10-8-15)17-11-12-20(25)18(14-17)22(24)13-4-6-19(23)21(22)26/h4,6,11-16,21,25-26H,2-3,5,7-10H2,1H3. The SMILES string of the molecule is CCCCC1CCC(c2ccc(O)c(C3(F)C=CC=C(F)C3O)c2)CC1. The predicted octanol–water partition coefficient (Wildman–Crippen LogP) is 5.81. The number of rotatable bonds is 5. The first-order valence-electron chi connectivity index (χ1n) is 9.71. The van der Waals surface area contributed by atoms with E-state index in [1.807, 2.05) is 6.07 Å². The van der Waals surface area contributed by atoms with Crippen molar-refractivity contribution in [2.45, 2.75) is 69.6 Å². The molecule has 142 valence electrons. The van der Waals surface area contributed by atoms with Gasteiger partial charge in [0.15, 0.2) is 5.67 Å². The number of phenolic OH excluding ortho intramolecular Hbond substituents is 1. The van der Waals surface area contributed by atoms with Crippen molar-refractivity contribution in [2.24, 2.45) is 5.92 Å². The van der Waals surface area contributed by atoms with E-state index >= 15 is 4.39 Å². The number of allylic oxidation sites excluding steroid dienone is 2. The van der Waals surface area contributed by atoms with Gasteiger partial charge in [0.1, 0.15) is 17.7 Å². The molecule has 26 heavy (non-hydrogen) atoms. The molecule has 1 fully saturated rings. The monoisotopic (exact) mass is 362 g/mol. The Morgan fingerprint density at radius 1 is 1.19 bits per heavy atom. The van der Waals surface area contributed by atoms with Crippen molar-refractivity contribution >= 4 is 0 Å². The molecule has 0 heterocycles. The van der Waals surface area contributed by atoms with Gasteiger partial charge in [-0.15, -0.1) is 0 Å². The number of aliphatic hydroxyl groups is 1. The van der Waals surface area contributed by atoms with Crippen molar-refractivity contribution in [3.63, 3.8) is 0 Å². The average Bonchev–Trinajstić information content (AvgIpc) is 2.65. The normalized spacial score (nSPS) is 31.7. The third-order valence-electron chi connectivity index (χ3n) is 5.97. The van der Waals surface area contributed by atoms with Gasteiger partial charge in [0.05, 0.1) is 0 Å². The molecule has 0 bridgehead atoms. The molecule has 4 heteroatoms. The lowest BCUT2D eigenvalue weighted by molar-refractivity contribution is 0.0296. The highest BCUT2D eigenvalue weighted by molar-refractivity contribution is 5.47. The molecule has 2 nitrogen and oxygen atoms in total. The van der Waals surface area contributed by atoms with Gasteiger partial charge in [-0.1, -0.05) is 38.3 Å². The van der Waals surface area contributed by atoms with E-state index in [1.54, 1.807) is 6.07 Å². The molecule has 1 aromatic carbocycles. The molecule has 2 aliphatic carbocycles. The Kier molecular flexibility index (Phi) is 5.81. The van der Waals surface area contributed by atoms with Crippen LogP contribution in [0, 0.1) is 5.92 Å². The third-order valence-corrected chi connectivity index (χ3v) is 5.97. The molecule has 0 spiro atoms. The second-order valence-corrected chi connectivity index (χ2v) is 7.72. The molecule has 0 radical (unpaired) electrons. The van der Waals surface area contributed by atoms with Crippen molar-refractivity contribution in [3.8, 4) is 5.75 Å². The molecule has 0 aromatic heterocycles. The number of aromatic hydroxyl groups is 1. The minimum Gasteiger partial charge on any atom is -0.508 e. The van der Waals surface area contributed by atoms with Crippen LogP contribution in [0.2, 0.25) is 0 Å². The quantitative estimate of drug-likeness (QED) is 0.694. The largest absolute Gasteiger partial charge is 0.508 e. The van der Waals surface area contributed by atoms with Gasteiger partial charge in [0.2, 0.25) is 0 Å². The van der Waals surface area contributed by atoms with Crippen molar-refractivity contribution in [2.75, 3.05) is 0 Å². The molecule has 1 saturated carbocycles. The molecule has 3 rings (SSSR count). The summed E-state index contributed by atoms with van der Waals surface area (Å²) in [4.78, 5) is 0. The number of halogens is 2. The molecule has 0 amide bonds. The topological polar surface area (TPSA) is 40.5 Å². The summed E-state index contributed by atoms with van der Waals surface area (Å²) in [6.45, 7) is 2.21. The molecule has 1 aromatic rings. The van der Waals surface area contributed by atoms with E-state index in [-0.39, 0.29) is 11.3 Å². The van der Waals surface area contributed by atoms with Crippen LogP contribution in [-0.4, -0.2) is 16.3 Å². The van der Waals surface area contributed by atoms with Crippen molar-refractivity contribution in [3.05, 3.63) is 53.4 Å². The van der Waals surface area contributed by atoms with Crippen LogP contribution in [0.25, 0.3) is 0 Å². The number of alkyl halides is 1. The van der Waals surface area contributed by atoms with Gasteiger partial charge in [-0.3, -0.25) is 0 Å². The van der Waals surface area contributed by atoms with Gasteiger partial charge in [-0.05, 0) is 67.4 Å². The zero-order valence-corrected chi connectivity index (χ0v) is 15.3. The van der Waals surface area contributed by atoms with E-state index in [1.165, 1.54) is 44.2 Å². The lowest BCUT2D eigenvalue weighted by Gasteiger charge is -2.32. The van der Waals surface area contributed by atoms with Gasteiger partial charge in [-0.25, -0.2) is 8.78 Å². The Morgan fingerprint density at radius 3 is 2.62 bits per heavy atom. The molecule has 2 atom stereocenters. The fourth-order valence-electron chi connectivity index (χ4n) is 4.29. The first-order chi connectivity index (χ1) is 12.5. The fraction of sp³-hybridized carbons (Fsp3) is 0.545. The average molecular weight is 362 g/mol. The third kappa shape index (κ3) is 3.71. The van der Waals surface area contributed by atoms with E-state index in [4.69, 9.17) is 0 Å². The molecular formula is C22H28F2O2. The Balaban J connectivity index is 1.79. The first kappa shape index (κ1) is 19.1. The number of aliphatic hydroxyl groups excluding tert-OH is 1. The van der Waals surface area contributed by atoms with E-state index in [0.717, 1.165) is 36.5 Å². The maximum Gasteiger partial charge on any atom is 0.190 e. The molecule has 0 saturated heterocycles. The summed E-state index contributed by atoms with van der Waals surface area (Å²) < 4.78 is 29.1. The lowest BCUT2D eigenvalue weighted by atomic mass is 9.76. The summed E-state index contributed by atoms with van der Waals surface area (Å²) in [7, 11) is 0. The molecule has 2 aliphatic rings. The summed E-state index contributed by atoms with van der Waals surface area (Å²) in [5.74, 6) is -0.0962. The highest BCUT2D eigenvalue weighted by Crippen LogP contribution is 2.44.